The Morgan fingerprint density at radius 2 is 1.80 bits per heavy atom. The zero-order chi connectivity index (χ0) is 25.3. The molecule has 1 heterocycles. The molecule has 1 saturated heterocycles. The summed E-state index contributed by atoms with van der Waals surface area (Å²) in [6.45, 7) is 8.65. The van der Waals surface area contributed by atoms with Gasteiger partial charge in [-0.3, -0.25) is 9.59 Å². The van der Waals surface area contributed by atoms with Gasteiger partial charge in [0.2, 0.25) is 0 Å². The van der Waals surface area contributed by atoms with E-state index < -0.39 is 17.7 Å². The Morgan fingerprint density at radius 3 is 2.43 bits per heavy atom. The summed E-state index contributed by atoms with van der Waals surface area (Å²) < 4.78 is 11.3. The number of carbonyl (C=O) groups is 2. The van der Waals surface area contributed by atoms with Crippen LogP contribution in [-0.2, 0) is 15.0 Å². The average Bonchev–Trinajstić information content (AvgIpc) is 3.45. The van der Waals surface area contributed by atoms with Crippen molar-refractivity contribution in [2.75, 3.05) is 13.7 Å². The zero-order valence-electron chi connectivity index (χ0n) is 21.3. The lowest BCUT2D eigenvalue weighted by atomic mass is 9.85. The smallest absolute Gasteiger partial charge is 0.295 e. The maximum absolute atomic E-state index is 13.5. The van der Waals surface area contributed by atoms with Crippen LogP contribution in [0.2, 0.25) is 0 Å². The van der Waals surface area contributed by atoms with Crippen LogP contribution in [0.1, 0.15) is 76.1 Å². The summed E-state index contributed by atoms with van der Waals surface area (Å²) in [5.74, 6) is -0.321. The molecule has 1 N–H and O–H groups in total. The molecule has 6 heteroatoms. The van der Waals surface area contributed by atoms with Crippen molar-refractivity contribution in [1.29, 1.82) is 0 Å². The highest BCUT2D eigenvalue weighted by Gasteiger charge is 2.49. The first-order valence-electron chi connectivity index (χ1n) is 12.4. The zero-order valence-corrected chi connectivity index (χ0v) is 21.3. The standard InChI is InChI=1S/C29H35NO5/c1-6-35-21-13-9-10-18(16-21)25-24(27(32)28(33)30(25)20-11-7-8-12-20)26(31)22-17-19(29(2,3)4)14-15-23(22)34-5/h9-10,13-17,20,25,31H,6-8,11-12H2,1-5H3/b26-24+. The number of likely N-dealkylation sites (tertiary alicyclic amines) is 1. The van der Waals surface area contributed by atoms with E-state index in [9.17, 15) is 14.7 Å². The van der Waals surface area contributed by atoms with Gasteiger partial charge < -0.3 is 19.5 Å². The number of methoxy groups -OCH3 is 1. The van der Waals surface area contributed by atoms with Crippen molar-refractivity contribution in [1.82, 2.24) is 4.90 Å². The number of Topliss-reactive ketones (excluding diaryl/α,β-unsaturated/α-hetero) is 1. The van der Waals surface area contributed by atoms with Crippen molar-refractivity contribution in [3.63, 3.8) is 0 Å². The summed E-state index contributed by atoms with van der Waals surface area (Å²) in [5.41, 5.74) is 2.06. The number of carbonyl (C=O) groups excluding carboxylic acids is 2. The lowest BCUT2D eigenvalue weighted by molar-refractivity contribution is -0.141. The minimum absolute atomic E-state index is 0.0414. The first-order chi connectivity index (χ1) is 16.7. The lowest BCUT2D eigenvalue weighted by Gasteiger charge is -2.31. The molecule has 186 valence electrons. The highest BCUT2D eigenvalue weighted by atomic mass is 16.5. The van der Waals surface area contributed by atoms with Gasteiger partial charge in [0.15, 0.2) is 0 Å². The largest absolute Gasteiger partial charge is 0.507 e. The van der Waals surface area contributed by atoms with Crippen LogP contribution in [0.5, 0.6) is 11.5 Å². The molecule has 0 bridgehead atoms. The molecule has 2 aromatic rings. The van der Waals surface area contributed by atoms with Crippen LogP contribution in [0.15, 0.2) is 48.0 Å². The summed E-state index contributed by atoms with van der Waals surface area (Å²) in [5, 5.41) is 11.6. The second-order valence-electron chi connectivity index (χ2n) is 10.3. The number of hydrogen-bond acceptors (Lipinski definition) is 5. The fraction of sp³-hybridized carbons (Fsp3) is 0.448. The second-order valence-corrected chi connectivity index (χ2v) is 10.3. The molecule has 0 radical (unpaired) electrons. The van der Waals surface area contributed by atoms with Gasteiger partial charge in [0.1, 0.15) is 17.3 Å². The minimum Gasteiger partial charge on any atom is -0.507 e. The van der Waals surface area contributed by atoms with E-state index in [0.29, 0.717) is 23.7 Å². The molecular weight excluding hydrogens is 442 g/mol. The third-order valence-corrected chi connectivity index (χ3v) is 7.00. The van der Waals surface area contributed by atoms with E-state index in [4.69, 9.17) is 9.47 Å². The van der Waals surface area contributed by atoms with Crippen LogP contribution in [0, 0.1) is 0 Å². The fourth-order valence-corrected chi connectivity index (χ4v) is 5.18. The van der Waals surface area contributed by atoms with Crippen molar-refractivity contribution >= 4 is 17.4 Å². The molecule has 1 unspecified atom stereocenters. The van der Waals surface area contributed by atoms with Crippen molar-refractivity contribution in [2.45, 2.75) is 70.9 Å². The molecule has 0 aromatic heterocycles. The summed E-state index contributed by atoms with van der Waals surface area (Å²) in [6.07, 6.45) is 3.72. The van der Waals surface area contributed by atoms with Gasteiger partial charge in [0.25, 0.3) is 11.7 Å². The summed E-state index contributed by atoms with van der Waals surface area (Å²) in [4.78, 5) is 28.6. The lowest BCUT2D eigenvalue weighted by Crippen LogP contribution is -2.37. The van der Waals surface area contributed by atoms with Gasteiger partial charge in [-0.15, -0.1) is 0 Å². The van der Waals surface area contributed by atoms with Gasteiger partial charge in [-0.2, -0.15) is 0 Å². The first-order valence-corrected chi connectivity index (χ1v) is 12.4. The van der Waals surface area contributed by atoms with E-state index >= 15 is 0 Å². The summed E-state index contributed by atoms with van der Waals surface area (Å²) in [6, 6.07) is 12.3. The fourth-order valence-electron chi connectivity index (χ4n) is 5.18. The monoisotopic (exact) mass is 477 g/mol. The Bertz CT molecular complexity index is 1150. The quantitative estimate of drug-likeness (QED) is 0.325. The minimum atomic E-state index is -0.693. The Labute approximate surface area is 207 Å². The highest BCUT2D eigenvalue weighted by Crippen LogP contribution is 2.45. The molecule has 2 aromatic carbocycles. The van der Waals surface area contributed by atoms with Crippen molar-refractivity contribution < 1.29 is 24.2 Å². The molecule has 0 spiro atoms. The van der Waals surface area contributed by atoms with E-state index in [1.165, 1.54) is 7.11 Å². The third-order valence-electron chi connectivity index (χ3n) is 7.00. The Morgan fingerprint density at radius 1 is 1.09 bits per heavy atom. The number of amides is 1. The molecule has 6 nitrogen and oxygen atoms in total. The van der Waals surface area contributed by atoms with Gasteiger partial charge >= 0.3 is 0 Å². The van der Waals surface area contributed by atoms with E-state index in [-0.39, 0.29) is 22.8 Å². The Kier molecular flexibility index (Phi) is 6.93. The molecule has 1 amide bonds. The van der Waals surface area contributed by atoms with Crippen LogP contribution in [0.25, 0.3) is 5.76 Å². The van der Waals surface area contributed by atoms with E-state index in [1.807, 2.05) is 43.3 Å². The predicted octanol–water partition coefficient (Wildman–Crippen LogP) is 5.76. The SMILES string of the molecule is CCOc1cccc(C2/C(=C(\O)c3cc(C(C)(C)C)ccc3OC)C(=O)C(=O)N2C2CCCC2)c1. The maximum atomic E-state index is 13.5. The normalized spacial score (nSPS) is 20.5. The molecular formula is C29H35NO5. The van der Waals surface area contributed by atoms with Crippen LogP contribution < -0.4 is 9.47 Å². The molecule has 1 atom stereocenters. The average molecular weight is 478 g/mol. The van der Waals surface area contributed by atoms with Crippen LogP contribution in [0.4, 0.5) is 0 Å². The van der Waals surface area contributed by atoms with E-state index in [0.717, 1.165) is 36.8 Å². The first kappa shape index (κ1) is 24.8. The topological polar surface area (TPSA) is 76.1 Å². The van der Waals surface area contributed by atoms with Crippen LogP contribution >= 0.6 is 0 Å². The van der Waals surface area contributed by atoms with Crippen molar-refractivity contribution in [3.8, 4) is 11.5 Å². The van der Waals surface area contributed by atoms with Gasteiger partial charge in [0.05, 0.1) is 30.9 Å². The molecule has 2 aliphatic rings. The molecule has 1 aliphatic carbocycles. The third kappa shape index (κ3) is 4.66. The molecule has 2 fully saturated rings. The number of hydrogen-bond donors (Lipinski definition) is 1. The highest BCUT2D eigenvalue weighted by molar-refractivity contribution is 6.46. The number of aliphatic hydroxyl groups is 1. The number of rotatable bonds is 6. The van der Waals surface area contributed by atoms with Gasteiger partial charge in [-0.1, -0.05) is 51.8 Å². The summed E-state index contributed by atoms with van der Waals surface area (Å²) >= 11 is 0. The van der Waals surface area contributed by atoms with Crippen molar-refractivity contribution in [3.05, 3.63) is 64.7 Å². The maximum Gasteiger partial charge on any atom is 0.295 e. The number of ether oxygens (including phenoxy) is 2. The molecule has 1 aliphatic heterocycles. The Balaban J connectivity index is 1.94. The van der Waals surface area contributed by atoms with E-state index in [1.54, 1.807) is 11.0 Å². The van der Waals surface area contributed by atoms with Crippen LogP contribution in [0.3, 0.4) is 0 Å². The predicted molar refractivity (Wildman–Crippen MR) is 136 cm³/mol. The van der Waals surface area contributed by atoms with Gasteiger partial charge in [-0.05, 0) is 60.6 Å². The number of benzene rings is 2. The molecule has 35 heavy (non-hydrogen) atoms. The van der Waals surface area contributed by atoms with E-state index in [2.05, 4.69) is 20.8 Å². The molecule has 4 rings (SSSR count). The number of nitrogens with zero attached hydrogens (tertiary/aromatic N) is 1. The van der Waals surface area contributed by atoms with Gasteiger partial charge in [-0.25, -0.2) is 0 Å². The summed E-state index contributed by atoms with van der Waals surface area (Å²) in [7, 11) is 1.53. The Hall–Kier alpha value is -3.28. The molecule has 1 saturated carbocycles. The van der Waals surface area contributed by atoms with Crippen molar-refractivity contribution in [2.24, 2.45) is 0 Å². The number of aliphatic hydroxyl groups excluding tert-OH is 1. The van der Waals surface area contributed by atoms with Crippen LogP contribution in [-0.4, -0.2) is 41.5 Å². The van der Waals surface area contributed by atoms with Gasteiger partial charge in [0, 0.05) is 6.04 Å². The number of ketones is 1. The second kappa shape index (κ2) is 9.76.